The van der Waals surface area contributed by atoms with Crippen molar-refractivity contribution in [2.75, 3.05) is 13.1 Å². The Morgan fingerprint density at radius 1 is 0.962 bits per heavy atom. The molecule has 1 aliphatic heterocycles. The second kappa shape index (κ2) is 8.29. The fourth-order valence-corrected chi connectivity index (χ4v) is 3.83. The van der Waals surface area contributed by atoms with E-state index in [0.29, 0.717) is 44.3 Å². The highest BCUT2D eigenvalue weighted by molar-refractivity contribution is 5.94. The molecule has 3 rings (SSSR count). The van der Waals surface area contributed by atoms with E-state index in [-0.39, 0.29) is 29.7 Å². The summed E-state index contributed by atoms with van der Waals surface area (Å²) in [4.78, 5) is 41.6. The lowest BCUT2D eigenvalue weighted by molar-refractivity contribution is -0.142. The minimum absolute atomic E-state index is 0.0155. The number of amides is 2. The number of hydrogen-bond donors (Lipinski definition) is 2. The zero-order valence-electron chi connectivity index (χ0n) is 14.8. The van der Waals surface area contributed by atoms with Crippen LogP contribution in [0.15, 0.2) is 24.5 Å². The highest BCUT2D eigenvalue weighted by Gasteiger charge is 2.31. The van der Waals surface area contributed by atoms with Crippen molar-refractivity contribution in [3.8, 4) is 0 Å². The first-order valence-electron chi connectivity index (χ1n) is 9.27. The topological polar surface area (TPSA) is 99.6 Å². The largest absolute Gasteiger partial charge is 0.481 e. The highest BCUT2D eigenvalue weighted by atomic mass is 16.4. The van der Waals surface area contributed by atoms with E-state index in [0.717, 1.165) is 12.8 Å². The first-order chi connectivity index (χ1) is 12.5. The lowest BCUT2D eigenvalue weighted by Crippen LogP contribution is -2.46. The molecule has 0 atom stereocenters. The summed E-state index contributed by atoms with van der Waals surface area (Å²) in [5, 5.41) is 12.1. The van der Waals surface area contributed by atoms with Gasteiger partial charge in [-0.05, 0) is 50.7 Å². The van der Waals surface area contributed by atoms with E-state index in [1.54, 1.807) is 29.4 Å². The van der Waals surface area contributed by atoms with Crippen LogP contribution in [0.25, 0.3) is 0 Å². The molecule has 0 spiro atoms. The number of nitrogens with zero attached hydrogens (tertiary/aromatic N) is 2. The minimum Gasteiger partial charge on any atom is -0.481 e. The maximum absolute atomic E-state index is 12.5. The molecular weight excluding hydrogens is 334 g/mol. The van der Waals surface area contributed by atoms with Crippen LogP contribution in [0.5, 0.6) is 0 Å². The van der Waals surface area contributed by atoms with Crippen molar-refractivity contribution in [1.82, 2.24) is 15.2 Å². The quantitative estimate of drug-likeness (QED) is 0.852. The Kier molecular flexibility index (Phi) is 5.85. The molecule has 2 fully saturated rings. The number of carboxylic acid groups (broad SMARTS) is 1. The van der Waals surface area contributed by atoms with Gasteiger partial charge in [0.05, 0.1) is 5.92 Å². The summed E-state index contributed by atoms with van der Waals surface area (Å²) in [5.41, 5.74) is 0.623. The number of rotatable bonds is 4. The maximum Gasteiger partial charge on any atom is 0.306 e. The standard InChI is InChI=1S/C19H25N3O4/c23-17(21-16-3-1-15(2-4-16)19(25)26)13-7-11-22(12-8-13)18(24)14-5-9-20-10-6-14/h5-6,9-10,13,15-16H,1-4,7-8,11-12H2,(H,21,23)(H,25,26). The van der Waals surface area contributed by atoms with Gasteiger partial charge in [-0.25, -0.2) is 0 Å². The van der Waals surface area contributed by atoms with Crippen LogP contribution >= 0.6 is 0 Å². The van der Waals surface area contributed by atoms with Crippen LogP contribution in [0.1, 0.15) is 48.9 Å². The summed E-state index contributed by atoms with van der Waals surface area (Å²) in [6.07, 6.45) is 7.22. The molecule has 1 aliphatic carbocycles. The van der Waals surface area contributed by atoms with E-state index in [1.165, 1.54) is 0 Å². The summed E-state index contributed by atoms with van der Waals surface area (Å²) in [5.74, 6) is -1.06. The molecule has 1 saturated carbocycles. The van der Waals surface area contributed by atoms with Crippen molar-refractivity contribution in [3.05, 3.63) is 30.1 Å². The lowest BCUT2D eigenvalue weighted by Gasteiger charge is -2.33. The molecule has 0 aromatic carbocycles. The molecule has 7 nitrogen and oxygen atoms in total. The van der Waals surface area contributed by atoms with Gasteiger partial charge in [0.25, 0.3) is 5.91 Å². The van der Waals surface area contributed by atoms with Crippen LogP contribution in [0.3, 0.4) is 0 Å². The Labute approximate surface area is 152 Å². The monoisotopic (exact) mass is 359 g/mol. The number of aromatic nitrogens is 1. The van der Waals surface area contributed by atoms with Gasteiger partial charge in [-0.3, -0.25) is 19.4 Å². The average Bonchev–Trinajstić information content (AvgIpc) is 2.68. The molecule has 0 bridgehead atoms. The van der Waals surface area contributed by atoms with Crippen LogP contribution in [-0.4, -0.2) is 51.9 Å². The normalized spacial score (nSPS) is 24.1. The molecule has 1 aromatic rings. The molecule has 140 valence electrons. The molecule has 2 N–H and O–H groups in total. The average molecular weight is 359 g/mol. The molecular formula is C19H25N3O4. The Hall–Kier alpha value is -2.44. The van der Waals surface area contributed by atoms with Crippen molar-refractivity contribution in [2.24, 2.45) is 11.8 Å². The van der Waals surface area contributed by atoms with Crippen molar-refractivity contribution >= 4 is 17.8 Å². The van der Waals surface area contributed by atoms with E-state index < -0.39 is 5.97 Å². The summed E-state index contributed by atoms with van der Waals surface area (Å²) in [6, 6.07) is 3.48. The third-order valence-electron chi connectivity index (χ3n) is 5.50. The second-order valence-electron chi connectivity index (χ2n) is 7.20. The number of hydrogen-bond acceptors (Lipinski definition) is 4. The van der Waals surface area contributed by atoms with Gasteiger partial charge in [-0.2, -0.15) is 0 Å². The Morgan fingerprint density at radius 2 is 1.58 bits per heavy atom. The second-order valence-corrected chi connectivity index (χ2v) is 7.20. The molecule has 1 aromatic heterocycles. The van der Waals surface area contributed by atoms with Gasteiger partial charge < -0.3 is 15.3 Å². The first-order valence-corrected chi connectivity index (χ1v) is 9.27. The number of piperidine rings is 1. The van der Waals surface area contributed by atoms with Crippen molar-refractivity contribution in [2.45, 2.75) is 44.6 Å². The molecule has 0 unspecified atom stereocenters. The Morgan fingerprint density at radius 3 is 2.15 bits per heavy atom. The van der Waals surface area contributed by atoms with Crippen molar-refractivity contribution < 1.29 is 19.5 Å². The van der Waals surface area contributed by atoms with Crippen LogP contribution in [0.4, 0.5) is 0 Å². The summed E-state index contributed by atoms with van der Waals surface area (Å²) in [6.45, 7) is 1.15. The summed E-state index contributed by atoms with van der Waals surface area (Å²) in [7, 11) is 0. The lowest BCUT2D eigenvalue weighted by atomic mass is 9.85. The van der Waals surface area contributed by atoms with E-state index in [1.807, 2.05) is 0 Å². The molecule has 2 amide bonds. The molecule has 0 radical (unpaired) electrons. The van der Waals surface area contributed by atoms with Gasteiger partial charge in [0.2, 0.25) is 5.91 Å². The predicted molar refractivity (Wildman–Crippen MR) is 94.4 cm³/mol. The van der Waals surface area contributed by atoms with Crippen LogP contribution in [-0.2, 0) is 9.59 Å². The number of carboxylic acids is 1. The van der Waals surface area contributed by atoms with Crippen molar-refractivity contribution in [3.63, 3.8) is 0 Å². The molecule has 1 saturated heterocycles. The predicted octanol–water partition coefficient (Wildman–Crippen LogP) is 1.69. The van der Waals surface area contributed by atoms with Gasteiger partial charge in [0, 0.05) is 43.0 Å². The van der Waals surface area contributed by atoms with E-state index in [2.05, 4.69) is 10.3 Å². The van der Waals surface area contributed by atoms with Crippen LogP contribution < -0.4 is 5.32 Å². The Bertz CT molecular complexity index is 648. The number of nitrogens with one attached hydrogen (secondary N) is 1. The number of carbonyl (C=O) groups is 3. The zero-order valence-corrected chi connectivity index (χ0v) is 14.8. The maximum atomic E-state index is 12.5. The van der Waals surface area contributed by atoms with E-state index in [4.69, 9.17) is 5.11 Å². The number of pyridine rings is 1. The van der Waals surface area contributed by atoms with Crippen LogP contribution in [0.2, 0.25) is 0 Å². The molecule has 7 heteroatoms. The van der Waals surface area contributed by atoms with Crippen molar-refractivity contribution in [1.29, 1.82) is 0 Å². The van der Waals surface area contributed by atoms with Gasteiger partial charge in [0.15, 0.2) is 0 Å². The molecule has 2 heterocycles. The first kappa shape index (κ1) is 18.4. The van der Waals surface area contributed by atoms with E-state index >= 15 is 0 Å². The zero-order chi connectivity index (χ0) is 18.5. The summed E-state index contributed by atoms with van der Waals surface area (Å²) >= 11 is 0. The third kappa shape index (κ3) is 4.39. The fourth-order valence-electron chi connectivity index (χ4n) is 3.83. The van der Waals surface area contributed by atoms with Gasteiger partial charge >= 0.3 is 5.97 Å². The minimum atomic E-state index is -0.735. The Balaban J connectivity index is 1.44. The highest BCUT2D eigenvalue weighted by Crippen LogP contribution is 2.25. The van der Waals surface area contributed by atoms with Gasteiger partial charge in [-0.15, -0.1) is 0 Å². The SMILES string of the molecule is O=C(O)C1CCC(NC(=O)C2CCN(C(=O)c3ccncc3)CC2)CC1. The third-order valence-corrected chi connectivity index (χ3v) is 5.50. The number of carbonyl (C=O) groups excluding carboxylic acids is 2. The number of aliphatic carboxylic acids is 1. The summed E-state index contributed by atoms with van der Waals surface area (Å²) < 4.78 is 0. The fraction of sp³-hybridized carbons (Fsp3) is 0.579. The van der Waals surface area contributed by atoms with E-state index in [9.17, 15) is 14.4 Å². The van der Waals surface area contributed by atoms with Gasteiger partial charge in [0.1, 0.15) is 0 Å². The smallest absolute Gasteiger partial charge is 0.306 e. The molecule has 26 heavy (non-hydrogen) atoms. The van der Waals surface area contributed by atoms with Crippen LogP contribution in [0, 0.1) is 11.8 Å². The van der Waals surface area contributed by atoms with Gasteiger partial charge in [-0.1, -0.05) is 0 Å². The number of likely N-dealkylation sites (tertiary alicyclic amines) is 1. The molecule has 2 aliphatic rings.